The van der Waals surface area contributed by atoms with Crippen LogP contribution in [0.2, 0.25) is 5.28 Å². The van der Waals surface area contributed by atoms with Crippen molar-refractivity contribution in [1.29, 1.82) is 0 Å². The molecule has 1 aliphatic rings. The summed E-state index contributed by atoms with van der Waals surface area (Å²) in [6.07, 6.45) is -3.66. The van der Waals surface area contributed by atoms with Crippen LogP contribution >= 0.6 is 11.6 Å². The first-order valence-corrected chi connectivity index (χ1v) is 8.67. The fourth-order valence-corrected chi connectivity index (χ4v) is 3.20. The fraction of sp³-hybridized carbons (Fsp3) is 0.353. The number of imidazole rings is 1. The van der Waals surface area contributed by atoms with Crippen molar-refractivity contribution in [2.75, 3.05) is 12.3 Å². The van der Waals surface area contributed by atoms with Gasteiger partial charge in [0.15, 0.2) is 23.9 Å². The van der Waals surface area contributed by atoms with Crippen LogP contribution in [0.5, 0.6) is 0 Å². The highest BCUT2D eigenvalue weighted by Gasteiger charge is 2.45. The van der Waals surface area contributed by atoms with E-state index in [9.17, 15) is 9.50 Å². The van der Waals surface area contributed by atoms with Crippen LogP contribution < -0.4 is 5.73 Å². The molecule has 2 aromatic heterocycles. The van der Waals surface area contributed by atoms with Crippen molar-refractivity contribution in [3.8, 4) is 0 Å². The number of halogens is 2. The number of fused-ring (bicyclic) bond motifs is 1. The molecule has 3 N–H and O–H groups in total. The number of hydrogen-bond acceptors (Lipinski definition) is 7. The van der Waals surface area contributed by atoms with Crippen molar-refractivity contribution in [3.63, 3.8) is 0 Å². The first-order chi connectivity index (χ1) is 13.0. The first kappa shape index (κ1) is 18.1. The van der Waals surface area contributed by atoms with Crippen LogP contribution in [-0.4, -0.2) is 49.6 Å². The van der Waals surface area contributed by atoms with Crippen LogP contribution in [0.15, 0.2) is 36.7 Å². The Morgan fingerprint density at radius 2 is 2.07 bits per heavy atom. The average Bonchev–Trinajstić information content (AvgIpc) is 3.19. The summed E-state index contributed by atoms with van der Waals surface area (Å²) in [6.45, 7) is 0.375. The third kappa shape index (κ3) is 3.46. The lowest BCUT2D eigenvalue weighted by molar-refractivity contribution is -0.0660. The smallest absolute Gasteiger partial charge is 0.226 e. The van der Waals surface area contributed by atoms with E-state index in [-0.39, 0.29) is 28.9 Å². The van der Waals surface area contributed by atoms with E-state index >= 15 is 0 Å². The monoisotopic (exact) mass is 393 g/mol. The highest BCUT2D eigenvalue weighted by Crippen LogP contribution is 2.34. The largest absolute Gasteiger partial charge is 0.387 e. The lowest BCUT2D eigenvalue weighted by atomic mass is 10.1. The number of ether oxygens (including phenoxy) is 2. The number of nitrogens with zero attached hydrogens (tertiary/aromatic N) is 4. The van der Waals surface area contributed by atoms with E-state index in [1.807, 2.05) is 30.3 Å². The van der Waals surface area contributed by atoms with Gasteiger partial charge in [0, 0.05) is 0 Å². The molecule has 4 rings (SSSR count). The lowest BCUT2D eigenvalue weighted by Gasteiger charge is -2.15. The van der Waals surface area contributed by atoms with Crippen molar-refractivity contribution in [3.05, 3.63) is 47.5 Å². The molecule has 0 aliphatic carbocycles. The van der Waals surface area contributed by atoms with Crippen LogP contribution in [0.3, 0.4) is 0 Å². The van der Waals surface area contributed by atoms with Gasteiger partial charge in [-0.3, -0.25) is 4.57 Å². The van der Waals surface area contributed by atoms with Gasteiger partial charge >= 0.3 is 0 Å². The van der Waals surface area contributed by atoms with Crippen LogP contribution in [0.1, 0.15) is 11.8 Å². The number of aliphatic hydroxyl groups excluding tert-OH is 1. The zero-order chi connectivity index (χ0) is 19.0. The lowest BCUT2D eigenvalue weighted by Crippen LogP contribution is -2.31. The van der Waals surface area contributed by atoms with Gasteiger partial charge in [-0.1, -0.05) is 30.3 Å². The molecule has 1 aromatic carbocycles. The fourth-order valence-electron chi connectivity index (χ4n) is 3.03. The molecule has 0 unspecified atom stereocenters. The molecule has 0 amide bonds. The number of hydrogen-bond donors (Lipinski definition) is 2. The average molecular weight is 394 g/mol. The molecule has 3 heterocycles. The van der Waals surface area contributed by atoms with E-state index in [2.05, 4.69) is 15.0 Å². The molecule has 10 heteroatoms. The molecule has 3 aromatic rings. The van der Waals surface area contributed by atoms with Crippen LogP contribution in [0.4, 0.5) is 10.2 Å². The van der Waals surface area contributed by atoms with Crippen LogP contribution in [-0.2, 0) is 16.1 Å². The Morgan fingerprint density at radius 1 is 1.30 bits per heavy atom. The van der Waals surface area contributed by atoms with Crippen molar-refractivity contribution in [2.24, 2.45) is 0 Å². The molecule has 8 nitrogen and oxygen atoms in total. The molecular weight excluding hydrogens is 377 g/mol. The zero-order valence-electron chi connectivity index (χ0n) is 14.1. The number of aliphatic hydroxyl groups is 1. The van der Waals surface area contributed by atoms with Gasteiger partial charge in [0.25, 0.3) is 0 Å². The maximum Gasteiger partial charge on any atom is 0.226 e. The van der Waals surface area contributed by atoms with E-state index in [0.29, 0.717) is 6.61 Å². The van der Waals surface area contributed by atoms with Crippen LogP contribution in [0.25, 0.3) is 11.2 Å². The Kier molecular flexibility index (Phi) is 4.92. The number of nitrogens with two attached hydrogens (primary N) is 1. The summed E-state index contributed by atoms with van der Waals surface area (Å²) in [5.74, 6) is 0.0837. The summed E-state index contributed by atoms with van der Waals surface area (Å²) >= 11 is 5.83. The summed E-state index contributed by atoms with van der Waals surface area (Å²) in [4.78, 5) is 11.9. The van der Waals surface area contributed by atoms with E-state index in [4.69, 9.17) is 26.8 Å². The highest BCUT2D eigenvalue weighted by atomic mass is 35.5. The molecule has 0 spiro atoms. The van der Waals surface area contributed by atoms with Crippen molar-refractivity contribution in [1.82, 2.24) is 19.5 Å². The minimum absolute atomic E-state index is 0.0392. The Balaban J connectivity index is 1.49. The predicted molar refractivity (Wildman–Crippen MR) is 95.7 cm³/mol. The summed E-state index contributed by atoms with van der Waals surface area (Å²) < 4.78 is 27.3. The maximum absolute atomic E-state index is 14.7. The van der Waals surface area contributed by atoms with E-state index in [1.54, 1.807) is 0 Å². The Hall–Kier alpha value is -2.33. The number of nitrogen functional groups attached to an aromatic ring is 1. The van der Waals surface area contributed by atoms with E-state index in [0.717, 1.165) is 5.56 Å². The predicted octanol–water partition coefficient (Wildman–Crippen LogP) is 1.88. The van der Waals surface area contributed by atoms with Gasteiger partial charge in [-0.15, -0.1) is 0 Å². The molecular formula is C17H17ClFN5O3. The standard InChI is InChI=1S/C17H17ClFN5O3/c18-17-22-14(20)12-15(23-17)24(8-21-12)16-11(19)13(25)10(27-16)7-26-6-9-4-2-1-3-5-9/h1-5,8,10-11,13,16,25H,6-7H2,(H2,20,22,23)/t10-,11+,13-,16-/m1/s1. The molecule has 142 valence electrons. The van der Waals surface area contributed by atoms with Crippen LogP contribution in [0, 0.1) is 0 Å². The van der Waals surface area contributed by atoms with Crippen molar-refractivity contribution in [2.45, 2.75) is 31.2 Å². The third-order valence-corrected chi connectivity index (χ3v) is 4.55. The molecule has 1 saturated heterocycles. The van der Waals surface area contributed by atoms with E-state index < -0.39 is 24.6 Å². The molecule has 27 heavy (non-hydrogen) atoms. The zero-order valence-corrected chi connectivity index (χ0v) is 14.8. The Bertz CT molecular complexity index is 941. The summed E-state index contributed by atoms with van der Waals surface area (Å²) in [7, 11) is 0. The molecule has 1 fully saturated rings. The second-order valence-electron chi connectivity index (χ2n) is 6.20. The van der Waals surface area contributed by atoms with Crippen molar-refractivity contribution < 1.29 is 19.0 Å². The van der Waals surface area contributed by atoms with Gasteiger partial charge in [0.1, 0.15) is 17.7 Å². The molecule has 0 saturated carbocycles. The number of anilines is 1. The van der Waals surface area contributed by atoms with Gasteiger partial charge in [0.05, 0.1) is 19.5 Å². The second kappa shape index (κ2) is 7.35. The normalized spacial score (nSPS) is 25.3. The topological polar surface area (TPSA) is 108 Å². The summed E-state index contributed by atoms with van der Waals surface area (Å²) in [5.41, 5.74) is 7.26. The van der Waals surface area contributed by atoms with Gasteiger partial charge in [0.2, 0.25) is 5.28 Å². The number of alkyl halides is 1. The van der Waals surface area contributed by atoms with E-state index in [1.165, 1.54) is 10.9 Å². The minimum atomic E-state index is -1.69. The van der Waals surface area contributed by atoms with Gasteiger partial charge < -0.3 is 20.3 Å². The van der Waals surface area contributed by atoms with Gasteiger partial charge in [-0.05, 0) is 17.2 Å². The Morgan fingerprint density at radius 3 is 2.85 bits per heavy atom. The molecule has 0 bridgehead atoms. The first-order valence-electron chi connectivity index (χ1n) is 8.29. The SMILES string of the molecule is Nc1nc(Cl)nc2c1ncn2[C@@H]1O[C@H](COCc2ccccc2)[C@@H](O)[C@@H]1F. The van der Waals surface area contributed by atoms with Gasteiger partial charge in [-0.2, -0.15) is 9.97 Å². The number of rotatable bonds is 5. The quantitative estimate of drug-likeness (QED) is 0.637. The maximum atomic E-state index is 14.7. The molecule has 0 radical (unpaired) electrons. The van der Waals surface area contributed by atoms with Crippen molar-refractivity contribution >= 4 is 28.6 Å². The molecule has 4 atom stereocenters. The minimum Gasteiger partial charge on any atom is -0.387 e. The molecule has 1 aliphatic heterocycles. The second-order valence-corrected chi connectivity index (χ2v) is 6.54. The Labute approximate surface area is 158 Å². The number of benzene rings is 1. The summed E-state index contributed by atoms with van der Waals surface area (Å²) in [6, 6.07) is 9.53. The third-order valence-electron chi connectivity index (χ3n) is 4.38. The summed E-state index contributed by atoms with van der Waals surface area (Å²) in [5, 5.41) is 10.1. The van der Waals surface area contributed by atoms with Gasteiger partial charge in [-0.25, -0.2) is 9.37 Å². The number of aromatic nitrogens is 4. The highest BCUT2D eigenvalue weighted by molar-refractivity contribution is 6.28.